The van der Waals surface area contributed by atoms with Crippen molar-refractivity contribution in [3.8, 4) is 16.3 Å². The number of ether oxygens (including phenoxy) is 1. The van der Waals surface area contributed by atoms with Gasteiger partial charge in [-0.15, -0.1) is 11.3 Å². The fourth-order valence-electron chi connectivity index (χ4n) is 1.72. The molecule has 0 aliphatic heterocycles. The van der Waals surface area contributed by atoms with Crippen LogP contribution in [0.3, 0.4) is 0 Å². The van der Waals surface area contributed by atoms with E-state index in [2.05, 4.69) is 9.82 Å². The van der Waals surface area contributed by atoms with Crippen molar-refractivity contribution in [3.63, 3.8) is 0 Å². The predicted octanol–water partition coefficient (Wildman–Crippen LogP) is 3.17. The maximum atomic E-state index is 5.64. The summed E-state index contributed by atoms with van der Waals surface area (Å²) in [4.78, 5) is 8.10. The zero-order valence-corrected chi connectivity index (χ0v) is 12.7. The third kappa shape index (κ3) is 4.45. The van der Waals surface area contributed by atoms with Crippen molar-refractivity contribution in [1.29, 1.82) is 0 Å². The van der Waals surface area contributed by atoms with Crippen LogP contribution in [0.2, 0.25) is 0 Å². The quantitative estimate of drug-likeness (QED) is 0.580. The Bertz CT molecular complexity index is 515. The molecule has 4 nitrogen and oxygen atoms in total. The first-order valence-electron chi connectivity index (χ1n) is 6.55. The Morgan fingerprint density at radius 2 is 2.05 bits per heavy atom. The topological polar surface area (TPSA) is 60.2 Å². The number of halogens is 1. The lowest BCUT2D eigenvalue weighted by molar-refractivity contribution is 0.308. The first-order chi connectivity index (χ1) is 9.83. The number of unbranched alkanes of at least 4 members (excludes halogenated alkanes) is 1. The molecule has 0 bridgehead atoms. The Kier molecular flexibility index (Phi) is 6.26. The van der Waals surface area contributed by atoms with Crippen LogP contribution in [0.4, 0.5) is 0 Å². The number of hydrogen-bond acceptors (Lipinski definition) is 5. The number of hydrogen-bond donors (Lipinski definition) is 2. The zero-order chi connectivity index (χ0) is 14.2. The molecule has 108 valence electrons. The van der Waals surface area contributed by atoms with Gasteiger partial charge in [0.2, 0.25) is 0 Å². The molecule has 0 saturated carbocycles. The SMILES string of the molecule is NCCCCOc1ccc(-c2ncc(CNCl)s2)cc1. The highest BCUT2D eigenvalue weighted by molar-refractivity contribution is 7.15. The molecule has 1 heterocycles. The van der Waals surface area contributed by atoms with Crippen molar-refractivity contribution in [2.75, 3.05) is 13.2 Å². The van der Waals surface area contributed by atoms with Crippen LogP contribution in [0.1, 0.15) is 17.7 Å². The summed E-state index contributed by atoms with van der Waals surface area (Å²) in [5.74, 6) is 0.880. The molecule has 0 radical (unpaired) electrons. The van der Waals surface area contributed by atoms with Crippen LogP contribution in [0.15, 0.2) is 30.5 Å². The van der Waals surface area contributed by atoms with Gasteiger partial charge >= 0.3 is 0 Å². The van der Waals surface area contributed by atoms with Crippen LogP contribution < -0.4 is 15.3 Å². The molecule has 6 heteroatoms. The number of nitrogens with one attached hydrogen (secondary N) is 1. The highest BCUT2D eigenvalue weighted by Gasteiger charge is 2.04. The van der Waals surface area contributed by atoms with E-state index in [9.17, 15) is 0 Å². The Morgan fingerprint density at radius 3 is 2.75 bits per heavy atom. The molecule has 2 aromatic rings. The van der Waals surface area contributed by atoms with Gasteiger partial charge < -0.3 is 10.5 Å². The first kappa shape index (κ1) is 15.3. The Hall–Kier alpha value is -1.14. The maximum absolute atomic E-state index is 5.64. The van der Waals surface area contributed by atoms with Crippen molar-refractivity contribution < 1.29 is 4.74 Å². The van der Waals surface area contributed by atoms with E-state index in [0.717, 1.165) is 34.0 Å². The molecule has 2 rings (SSSR count). The van der Waals surface area contributed by atoms with Crippen LogP contribution in [0.5, 0.6) is 5.75 Å². The summed E-state index contributed by atoms with van der Waals surface area (Å²) in [7, 11) is 0. The van der Waals surface area contributed by atoms with Crippen LogP contribution in [0, 0.1) is 0 Å². The van der Waals surface area contributed by atoms with Gasteiger partial charge in [0.1, 0.15) is 10.8 Å². The van der Waals surface area contributed by atoms with Gasteiger partial charge in [-0.1, -0.05) is 0 Å². The average molecular weight is 312 g/mol. The second-order valence-electron chi connectivity index (χ2n) is 4.31. The summed E-state index contributed by atoms with van der Waals surface area (Å²) in [5, 5.41) is 0.988. The minimum atomic E-state index is 0.627. The third-order valence-corrected chi connectivity index (χ3v) is 3.94. The van der Waals surface area contributed by atoms with Gasteiger partial charge in [0.15, 0.2) is 0 Å². The van der Waals surface area contributed by atoms with E-state index in [1.54, 1.807) is 11.3 Å². The lowest BCUT2D eigenvalue weighted by Gasteiger charge is -2.05. The fourth-order valence-corrected chi connectivity index (χ4v) is 2.80. The lowest BCUT2D eigenvalue weighted by atomic mass is 10.2. The number of thiazole rings is 1. The molecular formula is C14H18ClN3OS. The average Bonchev–Trinajstić information content (AvgIpc) is 2.93. The molecule has 0 aliphatic rings. The van der Waals surface area contributed by atoms with Crippen LogP contribution in [-0.2, 0) is 6.54 Å². The van der Waals surface area contributed by atoms with Crippen molar-refractivity contribution in [3.05, 3.63) is 35.3 Å². The zero-order valence-electron chi connectivity index (χ0n) is 11.1. The summed E-state index contributed by atoms with van der Waals surface area (Å²) < 4.78 is 5.64. The predicted molar refractivity (Wildman–Crippen MR) is 84.0 cm³/mol. The Balaban J connectivity index is 1.93. The fraction of sp³-hybridized carbons (Fsp3) is 0.357. The van der Waals surface area contributed by atoms with E-state index < -0.39 is 0 Å². The molecule has 1 aromatic carbocycles. The number of rotatable bonds is 8. The monoisotopic (exact) mass is 311 g/mol. The maximum Gasteiger partial charge on any atom is 0.123 e. The lowest BCUT2D eigenvalue weighted by Crippen LogP contribution is -2.03. The van der Waals surface area contributed by atoms with Gasteiger partial charge in [-0.3, -0.25) is 0 Å². The highest BCUT2D eigenvalue weighted by atomic mass is 35.5. The summed E-state index contributed by atoms with van der Waals surface area (Å²) in [6.45, 7) is 2.05. The van der Waals surface area contributed by atoms with Gasteiger partial charge in [0.05, 0.1) is 6.61 Å². The standard InChI is InChI=1S/C14H18ClN3OS/c15-18-10-13-9-17-14(20-13)11-3-5-12(6-4-11)19-8-2-1-7-16/h3-6,9,18H,1-2,7-8,10,16H2. The highest BCUT2D eigenvalue weighted by Crippen LogP contribution is 2.26. The van der Waals surface area contributed by atoms with Crippen molar-refractivity contribution in [2.45, 2.75) is 19.4 Å². The molecule has 1 aromatic heterocycles. The van der Waals surface area contributed by atoms with Gasteiger partial charge in [-0.05, 0) is 55.4 Å². The smallest absolute Gasteiger partial charge is 0.123 e. The number of aromatic nitrogens is 1. The Labute approximate surface area is 128 Å². The van der Waals surface area contributed by atoms with Crippen molar-refractivity contribution in [1.82, 2.24) is 9.82 Å². The largest absolute Gasteiger partial charge is 0.494 e. The molecular weight excluding hydrogens is 294 g/mol. The molecule has 3 N–H and O–H groups in total. The number of nitrogens with zero attached hydrogens (tertiary/aromatic N) is 1. The van der Waals surface area contributed by atoms with E-state index >= 15 is 0 Å². The van der Waals surface area contributed by atoms with E-state index in [4.69, 9.17) is 22.2 Å². The minimum Gasteiger partial charge on any atom is -0.494 e. The summed E-state index contributed by atoms with van der Waals surface area (Å²) >= 11 is 7.12. The Morgan fingerprint density at radius 1 is 1.25 bits per heavy atom. The molecule has 0 spiro atoms. The molecule has 0 saturated heterocycles. The minimum absolute atomic E-state index is 0.627. The van der Waals surface area contributed by atoms with Gasteiger partial charge in [0.25, 0.3) is 0 Å². The summed E-state index contributed by atoms with van der Waals surface area (Å²) in [6.07, 6.45) is 3.82. The van der Waals surface area contributed by atoms with Crippen LogP contribution in [0.25, 0.3) is 10.6 Å². The van der Waals surface area contributed by atoms with Crippen molar-refractivity contribution in [2.24, 2.45) is 5.73 Å². The summed E-state index contributed by atoms with van der Waals surface area (Å²) in [6, 6.07) is 7.99. The van der Waals surface area contributed by atoms with Crippen LogP contribution in [-0.4, -0.2) is 18.1 Å². The molecule has 0 aliphatic carbocycles. The first-order valence-corrected chi connectivity index (χ1v) is 7.74. The van der Waals surface area contributed by atoms with Crippen molar-refractivity contribution >= 4 is 23.1 Å². The van der Waals surface area contributed by atoms with Gasteiger partial charge in [0, 0.05) is 23.2 Å². The van der Waals surface area contributed by atoms with Gasteiger partial charge in [-0.25, -0.2) is 9.82 Å². The van der Waals surface area contributed by atoms with Gasteiger partial charge in [-0.2, -0.15) is 0 Å². The van der Waals surface area contributed by atoms with E-state index in [-0.39, 0.29) is 0 Å². The second kappa shape index (κ2) is 8.21. The second-order valence-corrected chi connectivity index (χ2v) is 5.69. The molecule has 0 unspecified atom stereocenters. The normalized spacial score (nSPS) is 10.7. The van der Waals surface area contributed by atoms with E-state index in [1.807, 2.05) is 30.5 Å². The number of nitrogens with two attached hydrogens (primary N) is 1. The summed E-state index contributed by atoms with van der Waals surface area (Å²) in [5.41, 5.74) is 6.53. The molecule has 0 amide bonds. The molecule has 0 fully saturated rings. The van der Waals surface area contributed by atoms with E-state index in [0.29, 0.717) is 19.7 Å². The third-order valence-electron chi connectivity index (χ3n) is 2.76. The molecule has 0 atom stereocenters. The van der Waals surface area contributed by atoms with Crippen LogP contribution >= 0.6 is 23.1 Å². The number of benzene rings is 1. The molecule has 20 heavy (non-hydrogen) atoms. The van der Waals surface area contributed by atoms with E-state index in [1.165, 1.54) is 0 Å².